The molecule has 3 unspecified atom stereocenters. The van der Waals surface area contributed by atoms with Gasteiger partial charge in [0.2, 0.25) is 0 Å². The summed E-state index contributed by atoms with van der Waals surface area (Å²) in [4.78, 5) is 0. The van der Waals surface area contributed by atoms with Crippen molar-refractivity contribution in [2.45, 2.75) is 186 Å². The molecule has 5 aliphatic rings. The van der Waals surface area contributed by atoms with Crippen molar-refractivity contribution in [2.24, 2.45) is 52.1 Å². The van der Waals surface area contributed by atoms with Gasteiger partial charge >= 0.3 is 0 Å². The second kappa shape index (κ2) is 15.4. The van der Waals surface area contributed by atoms with Gasteiger partial charge in [0.25, 0.3) is 0 Å². The quantitative estimate of drug-likeness (QED) is 0.0798. The Morgan fingerprint density at radius 1 is 0.935 bits per heavy atom. The van der Waals surface area contributed by atoms with Gasteiger partial charge in [-0.2, -0.15) is 0 Å². The first-order chi connectivity index (χ1) is 21.8. The highest BCUT2D eigenvalue weighted by atomic mass is 32.1. The molecular weight excluding hydrogens is 594 g/mol. The van der Waals surface area contributed by atoms with Gasteiger partial charge in [0.1, 0.15) is 29.9 Å². The smallest absolute Gasteiger partial charge is 0.129 e. The maximum Gasteiger partial charge on any atom is 0.129 e. The van der Waals surface area contributed by atoms with Crippen LogP contribution in [0, 0.1) is 46.3 Å². The van der Waals surface area contributed by atoms with E-state index in [9.17, 15) is 15.3 Å². The molecule has 5 rings (SSSR count). The molecule has 1 heterocycles. The van der Waals surface area contributed by atoms with Gasteiger partial charge in [-0.1, -0.05) is 91.7 Å². The van der Waals surface area contributed by atoms with Crippen LogP contribution in [0.1, 0.15) is 138 Å². The van der Waals surface area contributed by atoms with E-state index < -0.39 is 35.9 Å². The van der Waals surface area contributed by atoms with Crippen molar-refractivity contribution in [1.82, 2.24) is 0 Å². The first-order valence-electron chi connectivity index (χ1n) is 19.3. The van der Waals surface area contributed by atoms with E-state index in [0.29, 0.717) is 5.41 Å². The summed E-state index contributed by atoms with van der Waals surface area (Å²) in [5.41, 5.74) is 8.25. The van der Waals surface area contributed by atoms with Crippen molar-refractivity contribution < 1.29 is 24.8 Å². The number of fused-ring (bicyclic) bond motifs is 5. The average molecular weight is 664 g/mol. The molecule has 5 N–H and O–H groups in total. The summed E-state index contributed by atoms with van der Waals surface area (Å²) in [6.07, 6.45) is 15.8. The second-order valence-electron chi connectivity index (χ2n) is 17.4. The Bertz CT molecular complexity index is 1020. The molecule has 4 aliphatic carbocycles. The van der Waals surface area contributed by atoms with Crippen LogP contribution in [0.3, 0.4) is 0 Å². The third kappa shape index (κ3) is 7.32. The number of hydrogen-bond acceptors (Lipinski definition) is 7. The van der Waals surface area contributed by atoms with Gasteiger partial charge in [0.15, 0.2) is 0 Å². The monoisotopic (exact) mass is 663 g/mol. The minimum atomic E-state index is -1.35. The SMILES string of the molecule is CCCCCC(OC1CC[C@@]2(C)C(=CC[C@H]3[C@@H]4CC[C@H]([C@H](C)CCCC(C)C)[C@@]4(C)CC[C@@H]32)C1)C(N)[C@H]1O[C@H](S)[C@@H](O)[C@@H](O)[C@@H]1O. The van der Waals surface area contributed by atoms with E-state index >= 15 is 0 Å². The lowest BCUT2D eigenvalue weighted by Gasteiger charge is -2.58. The summed E-state index contributed by atoms with van der Waals surface area (Å²) in [7, 11) is 0. The summed E-state index contributed by atoms with van der Waals surface area (Å²) >= 11 is 4.31. The highest BCUT2D eigenvalue weighted by Crippen LogP contribution is 2.67. The number of nitrogens with two attached hydrogens (primary N) is 1. The van der Waals surface area contributed by atoms with Gasteiger partial charge in [-0.3, -0.25) is 0 Å². The lowest BCUT2D eigenvalue weighted by Crippen LogP contribution is -2.63. The molecule has 4 fully saturated rings. The van der Waals surface area contributed by atoms with Gasteiger partial charge in [-0.15, -0.1) is 12.6 Å². The van der Waals surface area contributed by atoms with Crippen LogP contribution in [0.5, 0.6) is 0 Å². The molecule has 3 saturated carbocycles. The van der Waals surface area contributed by atoms with E-state index in [2.05, 4.69) is 60.2 Å². The van der Waals surface area contributed by atoms with Crippen LogP contribution < -0.4 is 5.73 Å². The molecule has 0 radical (unpaired) electrons. The van der Waals surface area contributed by atoms with Gasteiger partial charge < -0.3 is 30.5 Å². The zero-order chi connectivity index (χ0) is 33.4. The molecule has 1 aliphatic heterocycles. The van der Waals surface area contributed by atoms with E-state index in [1.807, 2.05) is 0 Å². The first kappa shape index (κ1) is 37.1. The minimum Gasteiger partial charge on any atom is -0.388 e. The zero-order valence-electron chi connectivity index (χ0n) is 29.9. The van der Waals surface area contributed by atoms with E-state index in [-0.39, 0.29) is 17.6 Å². The second-order valence-corrected chi connectivity index (χ2v) is 17.9. The largest absolute Gasteiger partial charge is 0.388 e. The van der Waals surface area contributed by atoms with Crippen LogP contribution in [-0.2, 0) is 9.47 Å². The fourth-order valence-electron chi connectivity index (χ4n) is 11.4. The van der Waals surface area contributed by atoms with Gasteiger partial charge in [-0.05, 0) is 104 Å². The lowest BCUT2D eigenvalue weighted by molar-refractivity contribution is -0.212. The molecule has 46 heavy (non-hydrogen) atoms. The Kier molecular flexibility index (Phi) is 12.4. The Hall–Kier alpha value is -0.150. The first-order valence-corrected chi connectivity index (χ1v) is 19.8. The molecule has 1 saturated heterocycles. The van der Waals surface area contributed by atoms with Crippen LogP contribution in [0.25, 0.3) is 0 Å². The van der Waals surface area contributed by atoms with E-state index in [1.54, 1.807) is 5.57 Å². The Morgan fingerprint density at radius 3 is 2.41 bits per heavy atom. The minimum absolute atomic E-state index is 0.0907. The molecule has 0 aromatic carbocycles. The number of aliphatic hydroxyl groups is 3. The maximum absolute atomic E-state index is 10.8. The molecule has 7 heteroatoms. The van der Waals surface area contributed by atoms with Gasteiger partial charge in [0.05, 0.1) is 18.2 Å². The summed E-state index contributed by atoms with van der Waals surface area (Å²) in [6.45, 7) is 14.7. The third-order valence-corrected chi connectivity index (χ3v) is 14.6. The van der Waals surface area contributed by atoms with Crippen molar-refractivity contribution in [1.29, 1.82) is 0 Å². The van der Waals surface area contributed by atoms with E-state index in [0.717, 1.165) is 80.5 Å². The van der Waals surface area contributed by atoms with Crippen LogP contribution in [0.2, 0.25) is 0 Å². The predicted molar refractivity (Wildman–Crippen MR) is 189 cm³/mol. The van der Waals surface area contributed by atoms with Gasteiger partial charge in [0, 0.05) is 0 Å². The third-order valence-electron chi connectivity index (χ3n) is 14.2. The molecule has 0 spiro atoms. The molecule has 6 nitrogen and oxygen atoms in total. The van der Waals surface area contributed by atoms with Crippen LogP contribution >= 0.6 is 12.6 Å². The number of allylic oxidation sites excluding steroid dienone is 1. The fraction of sp³-hybridized carbons (Fsp3) is 0.949. The van der Waals surface area contributed by atoms with Crippen LogP contribution in [0.4, 0.5) is 0 Å². The van der Waals surface area contributed by atoms with Crippen molar-refractivity contribution in [2.75, 3.05) is 0 Å². The number of aliphatic hydroxyl groups excluding tert-OH is 3. The Balaban J connectivity index is 1.25. The zero-order valence-corrected chi connectivity index (χ0v) is 30.8. The fourth-order valence-corrected chi connectivity index (χ4v) is 11.7. The average Bonchev–Trinajstić information content (AvgIpc) is 3.38. The number of thiol groups is 1. The summed E-state index contributed by atoms with van der Waals surface area (Å²) in [5.74, 6) is 4.98. The highest BCUT2D eigenvalue weighted by Gasteiger charge is 2.59. The van der Waals surface area contributed by atoms with Gasteiger partial charge in [-0.25, -0.2) is 0 Å². The van der Waals surface area contributed by atoms with E-state index in [4.69, 9.17) is 15.2 Å². The number of hydrogen-bond donors (Lipinski definition) is 5. The van der Waals surface area contributed by atoms with Crippen LogP contribution in [0.15, 0.2) is 11.6 Å². The molecule has 266 valence electrons. The Morgan fingerprint density at radius 2 is 1.70 bits per heavy atom. The lowest BCUT2D eigenvalue weighted by atomic mass is 9.47. The highest BCUT2D eigenvalue weighted by molar-refractivity contribution is 7.80. The summed E-state index contributed by atoms with van der Waals surface area (Å²) in [6, 6.07) is -0.624. The van der Waals surface area contributed by atoms with Crippen molar-refractivity contribution in [3.05, 3.63) is 11.6 Å². The van der Waals surface area contributed by atoms with Crippen LogP contribution in [-0.4, -0.2) is 63.4 Å². The Labute approximate surface area is 286 Å². The maximum atomic E-state index is 10.8. The summed E-state index contributed by atoms with van der Waals surface area (Å²) < 4.78 is 12.7. The molecule has 0 bridgehead atoms. The standard InChI is InChI=1S/C39H69NO5S/c1-7-8-9-13-31(32(40)36-34(42)33(41)35(43)37(46)45-36)44-26-18-20-38(5)25(22-26)14-15-27-29-17-16-28(24(4)12-10-11-23(2)3)39(29,6)21-19-30(27)38/h14,23-24,26-37,41-43,46H,7-13,15-22,40H2,1-6H3/t24-,26?,27+,28-,29+,30+,31?,32?,33+,34+,35+,36-,37-,38+,39-/m1/s1. The number of unbranched alkanes of at least 4 members (excludes halogenated alkanes) is 2. The summed E-state index contributed by atoms with van der Waals surface area (Å²) in [5, 5.41) is 31.4. The number of ether oxygens (including phenoxy) is 2. The molecule has 0 aromatic rings. The number of rotatable bonds is 13. The normalized spacial score (nSPS) is 44.6. The van der Waals surface area contributed by atoms with E-state index in [1.165, 1.54) is 51.4 Å². The molecular formula is C39H69NO5S. The van der Waals surface area contributed by atoms with Crippen molar-refractivity contribution >= 4 is 12.6 Å². The predicted octanol–water partition coefficient (Wildman–Crippen LogP) is 7.43. The van der Waals surface area contributed by atoms with Crippen molar-refractivity contribution in [3.63, 3.8) is 0 Å². The van der Waals surface area contributed by atoms with Crippen molar-refractivity contribution in [3.8, 4) is 0 Å². The molecule has 0 aromatic heterocycles. The topological polar surface area (TPSA) is 105 Å². The molecule has 0 amide bonds. The molecule has 15 atom stereocenters.